The van der Waals surface area contributed by atoms with E-state index in [9.17, 15) is 18.0 Å². The molecule has 4 rings (SSSR count). The number of hydrogen-bond donors (Lipinski definition) is 1. The van der Waals surface area contributed by atoms with Gasteiger partial charge in [-0.25, -0.2) is 8.42 Å². The lowest BCUT2D eigenvalue weighted by Gasteiger charge is -2.34. The van der Waals surface area contributed by atoms with Crippen LogP contribution in [-0.4, -0.2) is 50.0 Å². The maximum absolute atomic E-state index is 14.3. The number of carbonyl (C=O) groups is 2. The lowest BCUT2D eigenvalue weighted by Crippen LogP contribution is -2.54. The average Bonchev–Trinajstić information content (AvgIpc) is 3.46. The van der Waals surface area contributed by atoms with Crippen molar-refractivity contribution in [2.45, 2.75) is 50.7 Å². The minimum atomic E-state index is -4.06. The number of amides is 2. The fourth-order valence-corrected chi connectivity index (χ4v) is 7.14. The van der Waals surface area contributed by atoms with E-state index in [0.717, 1.165) is 41.8 Å². The van der Waals surface area contributed by atoms with Crippen molar-refractivity contribution in [3.63, 3.8) is 0 Å². The molecule has 1 aliphatic carbocycles. The second-order valence-electron chi connectivity index (χ2n) is 10.4. The minimum absolute atomic E-state index is 0.0193. The van der Waals surface area contributed by atoms with Crippen molar-refractivity contribution >= 4 is 85.5 Å². The first-order valence-corrected chi connectivity index (χ1v) is 17.3. The van der Waals surface area contributed by atoms with Crippen LogP contribution in [0.1, 0.15) is 36.8 Å². The van der Waals surface area contributed by atoms with E-state index in [4.69, 9.17) is 58.0 Å². The largest absolute Gasteiger partial charge is 0.352 e. The van der Waals surface area contributed by atoms with Crippen LogP contribution in [0.15, 0.2) is 60.7 Å². The van der Waals surface area contributed by atoms with Gasteiger partial charge in [-0.1, -0.05) is 107 Å². The summed E-state index contributed by atoms with van der Waals surface area (Å²) >= 11 is 31.7. The van der Waals surface area contributed by atoms with E-state index in [-0.39, 0.29) is 45.7 Å². The summed E-state index contributed by atoms with van der Waals surface area (Å²) in [6.07, 6.45) is 4.79. The highest BCUT2D eigenvalue weighted by Crippen LogP contribution is 2.36. The molecule has 1 N–H and O–H groups in total. The van der Waals surface area contributed by atoms with E-state index >= 15 is 0 Å². The molecule has 2 amide bonds. The van der Waals surface area contributed by atoms with Gasteiger partial charge in [0.2, 0.25) is 21.8 Å². The normalized spacial score (nSPS) is 14.4. The van der Waals surface area contributed by atoms with Crippen LogP contribution < -0.4 is 9.62 Å². The molecule has 0 aliphatic heterocycles. The fraction of sp³-hybridized carbons (Fsp3) is 0.333. The third-order valence-corrected chi connectivity index (χ3v) is 10.2. The zero-order chi connectivity index (χ0) is 31.3. The lowest BCUT2D eigenvalue weighted by atomic mass is 10.0. The highest BCUT2D eigenvalue weighted by atomic mass is 35.5. The molecule has 1 atom stereocenters. The summed E-state index contributed by atoms with van der Waals surface area (Å²) in [4.78, 5) is 29.6. The highest BCUT2D eigenvalue weighted by molar-refractivity contribution is 7.92. The monoisotopic (exact) mass is 703 g/mol. The SMILES string of the molecule is CS(=O)(=O)N(CC(=O)N(Cc1c(Cl)cccc1Cl)[C@H](Cc1ccccc1)C(=O)NC1CCCC1)c1cc(Cl)c(Cl)cc1Cl. The third kappa shape index (κ3) is 8.71. The summed E-state index contributed by atoms with van der Waals surface area (Å²) in [7, 11) is -4.06. The second-order valence-corrected chi connectivity index (χ2v) is 14.3. The maximum Gasteiger partial charge on any atom is 0.244 e. The summed E-state index contributed by atoms with van der Waals surface area (Å²) in [5, 5.41) is 3.86. The van der Waals surface area contributed by atoms with E-state index in [0.29, 0.717) is 15.6 Å². The highest BCUT2D eigenvalue weighted by Gasteiger charge is 2.35. The number of carbonyl (C=O) groups excluding carboxylic acids is 2. The predicted molar refractivity (Wildman–Crippen MR) is 175 cm³/mol. The molecule has 3 aromatic rings. The van der Waals surface area contributed by atoms with Gasteiger partial charge in [-0.3, -0.25) is 13.9 Å². The molecule has 0 spiro atoms. The molecule has 3 aromatic carbocycles. The molecule has 0 aromatic heterocycles. The Morgan fingerprint density at radius 2 is 1.47 bits per heavy atom. The summed E-state index contributed by atoms with van der Waals surface area (Å²) in [5.41, 5.74) is 1.20. The lowest BCUT2D eigenvalue weighted by molar-refractivity contribution is -0.140. The third-order valence-electron chi connectivity index (χ3n) is 7.30. The first kappa shape index (κ1) is 33.7. The van der Waals surface area contributed by atoms with Crippen LogP contribution in [-0.2, 0) is 32.6 Å². The van der Waals surface area contributed by atoms with Crippen molar-refractivity contribution in [3.8, 4) is 0 Å². The molecule has 1 saturated carbocycles. The minimum Gasteiger partial charge on any atom is -0.352 e. The molecule has 1 aliphatic rings. The Hall–Kier alpha value is -2.20. The first-order chi connectivity index (χ1) is 20.3. The number of nitrogens with zero attached hydrogens (tertiary/aromatic N) is 2. The average molecular weight is 706 g/mol. The van der Waals surface area contributed by atoms with E-state index in [1.54, 1.807) is 18.2 Å². The number of benzene rings is 3. The van der Waals surface area contributed by atoms with E-state index in [1.165, 1.54) is 17.0 Å². The Morgan fingerprint density at radius 3 is 2.07 bits per heavy atom. The molecule has 0 unspecified atom stereocenters. The van der Waals surface area contributed by atoms with Crippen LogP contribution in [0.25, 0.3) is 0 Å². The summed E-state index contributed by atoms with van der Waals surface area (Å²) < 4.78 is 26.9. The molecule has 230 valence electrons. The van der Waals surface area contributed by atoms with E-state index < -0.39 is 28.5 Å². The van der Waals surface area contributed by atoms with Gasteiger partial charge in [-0.05, 0) is 42.7 Å². The number of anilines is 1. The molecular weight excluding hydrogens is 676 g/mol. The maximum atomic E-state index is 14.3. The number of nitrogens with one attached hydrogen (secondary N) is 1. The zero-order valence-electron chi connectivity index (χ0n) is 23.2. The van der Waals surface area contributed by atoms with Crippen LogP contribution in [0.2, 0.25) is 25.1 Å². The Bertz CT molecular complexity index is 1560. The van der Waals surface area contributed by atoms with Gasteiger partial charge in [0.05, 0.1) is 27.0 Å². The Labute approximate surface area is 277 Å². The quantitative estimate of drug-likeness (QED) is 0.211. The number of sulfonamides is 1. The second kappa shape index (κ2) is 14.7. The van der Waals surface area contributed by atoms with Gasteiger partial charge in [0, 0.05) is 34.6 Å². The van der Waals surface area contributed by atoms with Crippen LogP contribution in [0.4, 0.5) is 5.69 Å². The van der Waals surface area contributed by atoms with E-state index in [1.807, 2.05) is 30.3 Å². The molecule has 1 fully saturated rings. The number of rotatable bonds is 11. The van der Waals surface area contributed by atoms with Crippen LogP contribution >= 0.6 is 58.0 Å². The Morgan fingerprint density at radius 1 is 0.860 bits per heavy atom. The van der Waals surface area contributed by atoms with Crippen molar-refractivity contribution in [1.82, 2.24) is 10.2 Å². The number of halogens is 5. The molecule has 7 nitrogen and oxygen atoms in total. The van der Waals surface area contributed by atoms with Crippen molar-refractivity contribution in [2.24, 2.45) is 0 Å². The number of hydrogen-bond acceptors (Lipinski definition) is 4. The molecule has 0 radical (unpaired) electrons. The predicted octanol–water partition coefficient (Wildman–Crippen LogP) is 7.42. The fourth-order valence-electron chi connectivity index (χ4n) is 5.07. The van der Waals surface area contributed by atoms with Crippen LogP contribution in [0.5, 0.6) is 0 Å². The van der Waals surface area contributed by atoms with Crippen LogP contribution in [0.3, 0.4) is 0 Å². The van der Waals surface area contributed by atoms with Crippen molar-refractivity contribution in [2.75, 3.05) is 17.1 Å². The van der Waals surface area contributed by atoms with E-state index in [2.05, 4.69) is 5.32 Å². The molecule has 0 heterocycles. The molecule has 43 heavy (non-hydrogen) atoms. The van der Waals surface area contributed by atoms with Crippen molar-refractivity contribution in [3.05, 3.63) is 96.9 Å². The van der Waals surface area contributed by atoms with Gasteiger partial charge in [0.15, 0.2) is 0 Å². The Kier molecular flexibility index (Phi) is 11.5. The summed E-state index contributed by atoms with van der Waals surface area (Å²) in [6, 6.07) is 15.7. The molecule has 0 saturated heterocycles. The van der Waals surface area contributed by atoms with Gasteiger partial charge < -0.3 is 10.2 Å². The van der Waals surface area contributed by atoms with Gasteiger partial charge >= 0.3 is 0 Å². The standard InChI is InChI=1S/C30H30Cl5N3O4S/c1-43(41,42)38(27-16-25(34)24(33)15-26(27)35)18-29(39)37(17-21-22(31)12-7-13-23(21)32)28(14-19-8-3-2-4-9-19)30(40)36-20-10-5-6-11-20/h2-4,7-9,12-13,15-16,20,28H,5-6,10-11,14,17-18H2,1H3,(H,36,40)/t28-/m1/s1. The van der Waals surface area contributed by atoms with Gasteiger partial charge in [0.25, 0.3) is 0 Å². The van der Waals surface area contributed by atoms with Crippen molar-refractivity contribution in [1.29, 1.82) is 0 Å². The molecule has 13 heteroatoms. The zero-order valence-corrected chi connectivity index (χ0v) is 27.8. The van der Waals surface area contributed by atoms with Gasteiger partial charge in [-0.15, -0.1) is 0 Å². The van der Waals surface area contributed by atoms with Crippen LogP contribution in [0, 0.1) is 0 Å². The topological polar surface area (TPSA) is 86.8 Å². The van der Waals surface area contributed by atoms with Gasteiger partial charge in [0.1, 0.15) is 12.6 Å². The smallest absolute Gasteiger partial charge is 0.244 e. The van der Waals surface area contributed by atoms with Gasteiger partial charge in [-0.2, -0.15) is 0 Å². The summed E-state index contributed by atoms with van der Waals surface area (Å²) in [6.45, 7) is -0.833. The first-order valence-electron chi connectivity index (χ1n) is 13.5. The van der Waals surface area contributed by atoms with Crippen molar-refractivity contribution < 1.29 is 18.0 Å². The molecule has 0 bridgehead atoms. The molecular formula is C30H30Cl5N3O4S. The Balaban J connectivity index is 1.79. The summed E-state index contributed by atoms with van der Waals surface area (Å²) in [5.74, 6) is -1.03.